The minimum atomic E-state index is -1.12. The molecule has 0 saturated heterocycles. The first-order valence-electron chi connectivity index (χ1n) is 6.10. The summed E-state index contributed by atoms with van der Waals surface area (Å²) in [6, 6.07) is 1.34. The van der Waals surface area contributed by atoms with Gasteiger partial charge in [0.2, 0.25) is 5.91 Å². The largest absolute Gasteiger partial charge is 0.476 e. The van der Waals surface area contributed by atoms with Crippen molar-refractivity contribution in [2.45, 2.75) is 26.9 Å². The van der Waals surface area contributed by atoms with Gasteiger partial charge in [-0.25, -0.2) is 4.79 Å². The molecule has 0 aliphatic heterocycles. The molecule has 2 N–H and O–H groups in total. The zero-order valence-corrected chi connectivity index (χ0v) is 11.2. The van der Waals surface area contributed by atoms with E-state index >= 15 is 0 Å². The van der Waals surface area contributed by atoms with Crippen molar-refractivity contribution in [3.05, 3.63) is 29.8 Å². The average molecular weight is 277 g/mol. The van der Waals surface area contributed by atoms with Gasteiger partial charge in [-0.05, 0) is 19.9 Å². The highest BCUT2D eigenvalue weighted by Crippen LogP contribution is 2.13. The Morgan fingerprint density at radius 3 is 2.75 bits per heavy atom. The molecule has 20 heavy (non-hydrogen) atoms. The second kappa shape index (κ2) is 5.55. The van der Waals surface area contributed by atoms with Crippen LogP contribution in [0.25, 0.3) is 0 Å². The van der Waals surface area contributed by atoms with Crippen LogP contribution in [0, 0.1) is 6.92 Å². The van der Waals surface area contributed by atoms with Gasteiger partial charge in [0.1, 0.15) is 6.54 Å². The van der Waals surface area contributed by atoms with E-state index in [0.29, 0.717) is 5.69 Å². The van der Waals surface area contributed by atoms with Crippen LogP contribution in [-0.4, -0.2) is 36.5 Å². The molecule has 0 spiro atoms. The number of rotatable bonds is 5. The molecule has 2 aromatic rings. The van der Waals surface area contributed by atoms with E-state index in [0.717, 1.165) is 12.2 Å². The minimum Gasteiger partial charge on any atom is -0.476 e. The van der Waals surface area contributed by atoms with E-state index < -0.39 is 5.97 Å². The van der Waals surface area contributed by atoms with Crippen molar-refractivity contribution in [3.8, 4) is 0 Å². The second-order valence-electron chi connectivity index (χ2n) is 4.21. The van der Waals surface area contributed by atoms with E-state index in [1.807, 2.05) is 13.8 Å². The number of nitrogens with one attached hydrogen (secondary N) is 1. The Bertz CT molecular complexity index is 643. The predicted molar refractivity (Wildman–Crippen MR) is 70.5 cm³/mol. The molecule has 0 unspecified atom stereocenters. The summed E-state index contributed by atoms with van der Waals surface area (Å²) in [5.41, 5.74) is 1.42. The zero-order valence-electron chi connectivity index (χ0n) is 11.2. The van der Waals surface area contributed by atoms with Crippen molar-refractivity contribution < 1.29 is 14.7 Å². The van der Waals surface area contributed by atoms with Gasteiger partial charge in [0.15, 0.2) is 5.69 Å². The second-order valence-corrected chi connectivity index (χ2v) is 4.21. The number of carbonyl (C=O) groups is 2. The summed E-state index contributed by atoms with van der Waals surface area (Å²) in [6.45, 7) is 4.50. The number of carboxylic acid groups (broad SMARTS) is 1. The molecule has 8 nitrogen and oxygen atoms in total. The fraction of sp³-hybridized carbons (Fsp3) is 0.333. The summed E-state index contributed by atoms with van der Waals surface area (Å²) < 4.78 is 3.05. The van der Waals surface area contributed by atoms with Gasteiger partial charge in [-0.2, -0.15) is 10.2 Å². The number of carbonyl (C=O) groups excluding carboxylic acids is 1. The number of aromatic carboxylic acids is 1. The number of hydrogen-bond acceptors (Lipinski definition) is 4. The molecule has 2 rings (SSSR count). The molecule has 2 heterocycles. The summed E-state index contributed by atoms with van der Waals surface area (Å²) in [7, 11) is 0. The number of aryl methyl sites for hydroxylation is 1. The van der Waals surface area contributed by atoms with E-state index in [1.54, 1.807) is 10.9 Å². The molecule has 0 radical (unpaired) electrons. The van der Waals surface area contributed by atoms with Crippen molar-refractivity contribution in [1.82, 2.24) is 19.6 Å². The maximum absolute atomic E-state index is 11.9. The number of nitrogens with zero attached hydrogens (tertiary/aromatic N) is 4. The van der Waals surface area contributed by atoms with Gasteiger partial charge in [-0.3, -0.25) is 14.2 Å². The Labute approximate surface area is 115 Å². The van der Waals surface area contributed by atoms with Crippen molar-refractivity contribution in [2.24, 2.45) is 0 Å². The Kier molecular flexibility index (Phi) is 3.83. The number of hydrogen-bond donors (Lipinski definition) is 2. The van der Waals surface area contributed by atoms with Gasteiger partial charge in [-0.15, -0.1) is 0 Å². The highest BCUT2D eigenvalue weighted by atomic mass is 16.4. The van der Waals surface area contributed by atoms with E-state index in [-0.39, 0.29) is 18.1 Å². The molecule has 106 valence electrons. The summed E-state index contributed by atoms with van der Waals surface area (Å²) in [5, 5.41) is 19.4. The Morgan fingerprint density at radius 1 is 1.45 bits per heavy atom. The van der Waals surface area contributed by atoms with Gasteiger partial charge in [-0.1, -0.05) is 0 Å². The van der Waals surface area contributed by atoms with Crippen LogP contribution in [0.1, 0.15) is 23.1 Å². The van der Waals surface area contributed by atoms with Crippen LogP contribution < -0.4 is 5.32 Å². The summed E-state index contributed by atoms with van der Waals surface area (Å²) in [5.74, 6) is -1.41. The van der Waals surface area contributed by atoms with Gasteiger partial charge >= 0.3 is 5.97 Å². The Hall–Kier alpha value is -2.64. The third kappa shape index (κ3) is 2.85. The highest BCUT2D eigenvalue weighted by molar-refractivity contribution is 5.91. The number of amides is 1. The SMILES string of the molecule is CCn1ncc(NC(=O)Cn2ccc(C(=O)O)n2)c1C. The summed E-state index contributed by atoms with van der Waals surface area (Å²) in [6.07, 6.45) is 3.04. The van der Waals surface area contributed by atoms with Gasteiger partial charge in [0, 0.05) is 12.7 Å². The van der Waals surface area contributed by atoms with Crippen molar-refractivity contribution in [1.29, 1.82) is 0 Å². The van der Waals surface area contributed by atoms with Crippen LogP contribution in [-0.2, 0) is 17.9 Å². The molecule has 0 saturated carbocycles. The lowest BCUT2D eigenvalue weighted by Crippen LogP contribution is -2.19. The number of aromatic nitrogens is 4. The molecule has 1 amide bonds. The van der Waals surface area contributed by atoms with Crippen molar-refractivity contribution in [3.63, 3.8) is 0 Å². The topological polar surface area (TPSA) is 102 Å². The van der Waals surface area contributed by atoms with Crippen LogP contribution in [0.3, 0.4) is 0 Å². The lowest BCUT2D eigenvalue weighted by atomic mass is 10.4. The average Bonchev–Trinajstić information content (AvgIpc) is 2.98. The normalized spacial score (nSPS) is 10.5. The van der Waals surface area contributed by atoms with E-state index in [2.05, 4.69) is 15.5 Å². The van der Waals surface area contributed by atoms with Gasteiger partial charge < -0.3 is 10.4 Å². The molecule has 0 aliphatic carbocycles. The molecule has 0 atom stereocenters. The maximum Gasteiger partial charge on any atom is 0.356 e. The molecular weight excluding hydrogens is 262 g/mol. The quantitative estimate of drug-likeness (QED) is 0.839. The molecule has 0 aromatic carbocycles. The molecule has 8 heteroatoms. The summed E-state index contributed by atoms with van der Waals surface area (Å²) in [4.78, 5) is 22.5. The maximum atomic E-state index is 11.9. The fourth-order valence-electron chi connectivity index (χ4n) is 1.79. The number of carboxylic acids is 1. The van der Waals surface area contributed by atoms with Crippen LogP contribution in [0.2, 0.25) is 0 Å². The van der Waals surface area contributed by atoms with E-state index in [1.165, 1.54) is 16.9 Å². The van der Waals surface area contributed by atoms with E-state index in [9.17, 15) is 9.59 Å². The molecule has 2 aromatic heterocycles. The van der Waals surface area contributed by atoms with E-state index in [4.69, 9.17) is 5.11 Å². The molecule has 0 bridgehead atoms. The van der Waals surface area contributed by atoms with Crippen molar-refractivity contribution >= 4 is 17.6 Å². The smallest absolute Gasteiger partial charge is 0.356 e. The third-order valence-corrected chi connectivity index (χ3v) is 2.84. The Morgan fingerprint density at radius 2 is 2.20 bits per heavy atom. The zero-order chi connectivity index (χ0) is 14.7. The van der Waals surface area contributed by atoms with Gasteiger partial charge in [0.05, 0.1) is 17.6 Å². The van der Waals surface area contributed by atoms with Crippen LogP contribution in [0.5, 0.6) is 0 Å². The molecule has 0 aliphatic rings. The lowest BCUT2D eigenvalue weighted by Gasteiger charge is -2.05. The van der Waals surface area contributed by atoms with Crippen LogP contribution in [0.4, 0.5) is 5.69 Å². The standard InChI is InChI=1S/C12H15N5O3/c1-3-17-8(2)10(6-13-17)14-11(18)7-16-5-4-9(15-16)12(19)20/h4-6H,3,7H2,1-2H3,(H,14,18)(H,19,20). The van der Waals surface area contributed by atoms with Crippen molar-refractivity contribution in [2.75, 3.05) is 5.32 Å². The lowest BCUT2D eigenvalue weighted by molar-refractivity contribution is -0.116. The monoisotopic (exact) mass is 277 g/mol. The summed E-state index contributed by atoms with van der Waals surface area (Å²) >= 11 is 0. The Balaban J connectivity index is 2.01. The highest BCUT2D eigenvalue weighted by Gasteiger charge is 2.11. The predicted octanol–water partition coefficient (Wildman–Crippen LogP) is 0.745. The molecular formula is C12H15N5O3. The first kappa shape index (κ1) is 13.8. The molecule has 0 fully saturated rings. The first-order valence-corrected chi connectivity index (χ1v) is 6.10. The van der Waals surface area contributed by atoms with Crippen LogP contribution in [0.15, 0.2) is 18.5 Å². The first-order chi connectivity index (χ1) is 9.51. The number of anilines is 1. The third-order valence-electron chi connectivity index (χ3n) is 2.84. The fourth-order valence-corrected chi connectivity index (χ4v) is 1.79. The minimum absolute atomic E-state index is 0.0516. The van der Waals surface area contributed by atoms with Crippen LogP contribution >= 0.6 is 0 Å². The van der Waals surface area contributed by atoms with Gasteiger partial charge in [0.25, 0.3) is 0 Å².